The molecule has 1 aliphatic heterocycles. The Morgan fingerprint density at radius 2 is 1.04 bits per heavy atom. The molecular formula is C17H35NO6. The van der Waals surface area contributed by atoms with Crippen LogP contribution in [0.1, 0.15) is 19.8 Å². The van der Waals surface area contributed by atoms with Crippen molar-refractivity contribution in [2.45, 2.75) is 25.9 Å². The van der Waals surface area contributed by atoms with E-state index in [9.17, 15) is 0 Å². The zero-order valence-corrected chi connectivity index (χ0v) is 15.1. The predicted molar refractivity (Wildman–Crippen MR) is 91.6 cm³/mol. The first-order valence-corrected chi connectivity index (χ1v) is 9.14. The van der Waals surface area contributed by atoms with Gasteiger partial charge in [0.25, 0.3) is 0 Å². The quantitative estimate of drug-likeness (QED) is 0.391. The SMILES string of the molecule is CCOCCOCCOCCOCCOCCOC1CCNCC1. The second-order valence-electron chi connectivity index (χ2n) is 5.47. The van der Waals surface area contributed by atoms with Crippen LogP contribution in [0.3, 0.4) is 0 Å². The van der Waals surface area contributed by atoms with E-state index in [-0.39, 0.29) is 0 Å². The van der Waals surface area contributed by atoms with Crippen molar-refractivity contribution in [3.05, 3.63) is 0 Å². The van der Waals surface area contributed by atoms with Crippen molar-refractivity contribution >= 4 is 0 Å². The van der Waals surface area contributed by atoms with E-state index in [1.165, 1.54) is 0 Å². The van der Waals surface area contributed by atoms with Gasteiger partial charge in [0.2, 0.25) is 0 Å². The van der Waals surface area contributed by atoms with Crippen LogP contribution in [0.5, 0.6) is 0 Å². The molecule has 0 unspecified atom stereocenters. The van der Waals surface area contributed by atoms with Gasteiger partial charge in [0.1, 0.15) is 0 Å². The number of rotatable bonds is 17. The van der Waals surface area contributed by atoms with Crippen LogP contribution in [0.4, 0.5) is 0 Å². The van der Waals surface area contributed by atoms with E-state index in [0.717, 1.165) is 32.5 Å². The van der Waals surface area contributed by atoms with Gasteiger partial charge in [-0.15, -0.1) is 0 Å². The van der Waals surface area contributed by atoms with Crippen LogP contribution >= 0.6 is 0 Å². The largest absolute Gasteiger partial charge is 0.379 e. The fourth-order valence-corrected chi connectivity index (χ4v) is 2.26. The van der Waals surface area contributed by atoms with Crippen molar-refractivity contribution in [2.75, 3.05) is 85.8 Å². The molecule has 0 bridgehead atoms. The molecule has 7 heteroatoms. The molecule has 7 nitrogen and oxygen atoms in total. The Labute approximate surface area is 146 Å². The van der Waals surface area contributed by atoms with E-state index >= 15 is 0 Å². The molecule has 0 amide bonds. The van der Waals surface area contributed by atoms with Gasteiger partial charge < -0.3 is 33.7 Å². The summed E-state index contributed by atoms with van der Waals surface area (Å²) in [5.74, 6) is 0. The average molecular weight is 349 g/mol. The lowest BCUT2D eigenvalue weighted by Crippen LogP contribution is -2.33. The van der Waals surface area contributed by atoms with Crippen LogP contribution in [-0.4, -0.2) is 91.9 Å². The van der Waals surface area contributed by atoms with Gasteiger partial charge in [0, 0.05) is 6.61 Å². The number of hydrogen-bond donors (Lipinski definition) is 1. The van der Waals surface area contributed by atoms with Gasteiger partial charge in [0.05, 0.1) is 72.2 Å². The Kier molecular flexibility index (Phi) is 15.9. The van der Waals surface area contributed by atoms with Gasteiger partial charge in [0.15, 0.2) is 0 Å². The molecule has 0 aromatic rings. The van der Waals surface area contributed by atoms with E-state index < -0.39 is 0 Å². The summed E-state index contributed by atoms with van der Waals surface area (Å²) in [5.41, 5.74) is 0. The van der Waals surface area contributed by atoms with E-state index in [1.54, 1.807) is 0 Å². The Bertz CT molecular complexity index is 251. The maximum atomic E-state index is 5.75. The number of ether oxygens (including phenoxy) is 6. The first-order valence-electron chi connectivity index (χ1n) is 9.14. The molecule has 0 atom stereocenters. The first-order chi connectivity index (χ1) is 11.9. The van der Waals surface area contributed by atoms with Crippen LogP contribution in [0.15, 0.2) is 0 Å². The van der Waals surface area contributed by atoms with Crippen molar-refractivity contribution in [3.8, 4) is 0 Å². The van der Waals surface area contributed by atoms with Gasteiger partial charge in [-0.25, -0.2) is 0 Å². The highest BCUT2D eigenvalue weighted by Gasteiger charge is 2.12. The number of hydrogen-bond acceptors (Lipinski definition) is 7. The molecule has 0 aliphatic carbocycles. The van der Waals surface area contributed by atoms with Crippen LogP contribution in [-0.2, 0) is 28.4 Å². The molecule has 0 saturated carbocycles. The van der Waals surface area contributed by atoms with Crippen LogP contribution < -0.4 is 5.32 Å². The minimum absolute atomic E-state index is 0.395. The molecule has 1 heterocycles. The first kappa shape index (κ1) is 21.8. The lowest BCUT2D eigenvalue weighted by atomic mass is 10.1. The summed E-state index contributed by atoms with van der Waals surface area (Å²) in [6.45, 7) is 10.9. The van der Waals surface area contributed by atoms with Crippen LogP contribution in [0.25, 0.3) is 0 Å². The smallest absolute Gasteiger partial charge is 0.0704 e. The van der Waals surface area contributed by atoms with E-state index in [0.29, 0.717) is 72.2 Å². The molecular weight excluding hydrogens is 314 g/mol. The van der Waals surface area contributed by atoms with Crippen molar-refractivity contribution < 1.29 is 28.4 Å². The Hall–Kier alpha value is -0.280. The zero-order valence-electron chi connectivity index (χ0n) is 15.1. The molecule has 1 N–H and O–H groups in total. The average Bonchev–Trinajstić information content (AvgIpc) is 2.62. The van der Waals surface area contributed by atoms with Crippen LogP contribution in [0, 0.1) is 0 Å². The van der Waals surface area contributed by atoms with E-state index in [1.807, 2.05) is 6.92 Å². The maximum absolute atomic E-state index is 5.75. The van der Waals surface area contributed by atoms with Gasteiger partial charge in [-0.3, -0.25) is 0 Å². The van der Waals surface area contributed by atoms with Gasteiger partial charge in [-0.1, -0.05) is 0 Å². The standard InChI is InChI=1S/C17H35NO6/c1-2-19-7-8-20-9-10-21-11-12-22-13-14-23-15-16-24-17-3-5-18-6-4-17/h17-18H,2-16H2,1H3. The number of nitrogens with one attached hydrogen (secondary N) is 1. The molecule has 24 heavy (non-hydrogen) atoms. The van der Waals surface area contributed by atoms with Gasteiger partial charge >= 0.3 is 0 Å². The third-order valence-corrected chi connectivity index (χ3v) is 3.56. The Morgan fingerprint density at radius 3 is 1.50 bits per heavy atom. The van der Waals surface area contributed by atoms with Gasteiger partial charge in [-0.2, -0.15) is 0 Å². The lowest BCUT2D eigenvalue weighted by molar-refractivity contribution is -0.0294. The Morgan fingerprint density at radius 1 is 0.625 bits per heavy atom. The topological polar surface area (TPSA) is 67.4 Å². The van der Waals surface area contributed by atoms with Crippen LogP contribution in [0.2, 0.25) is 0 Å². The predicted octanol–water partition coefficient (Wildman–Crippen LogP) is 0.858. The fraction of sp³-hybridized carbons (Fsp3) is 1.00. The summed E-state index contributed by atoms with van der Waals surface area (Å²) in [4.78, 5) is 0. The highest BCUT2D eigenvalue weighted by Crippen LogP contribution is 2.06. The molecule has 0 aromatic heterocycles. The van der Waals surface area contributed by atoms with Crippen molar-refractivity contribution in [3.63, 3.8) is 0 Å². The molecule has 1 fully saturated rings. The van der Waals surface area contributed by atoms with E-state index in [2.05, 4.69) is 5.32 Å². The molecule has 144 valence electrons. The highest BCUT2D eigenvalue weighted by molar-refractivity contribution is 4.67. The third-order valence-electron chi connectivity index (χ3n) is 3.56. The maximum Gasteiger partial charge on any atom is 0.0704 e. The van der Waals surface area contributed by atoms with E-state index in [4.69, 9.17) is 28.4 Å². The molecule has 1 rings (SSSR count). The lowest BCUT2D eigenvalue weighted by Gasteiger charge is -2.22. The second kappa shape index (κ2) is 17.5. The van der Waals surface area contributed by atoms with Gasteiger partial charge in [-0.05, 0) is 32.9 Å². The Balaban J connectivity index is 1.66. The normalized spacial score (nSPS) is 15.9. The zero-order chi connectivity index (χ0) is 17.1. The summed E-state index contributed by atoms with van der Waals surface area (Å²) in [7, 11) is 0. The third kappa shape index (κ3) is 14.1. The number of piperidine rings is 1. The van der Waals surface area contributed by atoms with Crippen molar-refractivity contribution in [1.29, 1.82) is 0 Å². The van der Waals surface area contributed by atoms with Crippen molar-refractivity contribution in [1.82, 2.24) is 5.32 Å². The molecule has 0 spiro atoms. The molecule has 1 saturated heterocycles. The highest BCUT2D eigenvalue weighted by atomic mass is 16.6. The second-order valence-corrected chi connectivity index (χ2v) is 5.47. The van der Waals surface area contributed by atoms with Crippen molar-refractivity contribution in [2.24, 2.45) is 0 Å². The summed E-state index contributed by atoms with van der Waals surface area (Å²) >= 11 is 0. The molecule has 0 radical (unpaired) electrons. The molecule has 1 aliphatic rings. The fourth-order valence-electron chi connectivity index (χ4n) is 2.26. The monoisotopic (exact) mass is 349 g/mol. The molecule has 0 aromatic carbocycles. The minimum Gasteiger partial charge on any atom is -0.379 e. The minimum atomic E-state index is 0.395. The summed E-state index contributed by atoms with van der Waals surface area (Å²) in [6.07, 6.45) is 2.59. The summed E-state index contributed by atoms with van der Waals surface area (Å²) in [6, 6.07) is 0. The summed E-state index contributed by atoms with van der Waals surface area (Å²) in [5, 5.41) is 3.32. The summed E-state index contributed by atoms with van der Waals surface area (Å²) < 4.78 is 32.6.